The summed E-state index contributed by atoms with van der Waals surface area (Å²) in [6, 6.07) is 2.20. The minimum Gasteiger partial charge on any atom is -0.394 e. The van der Waals surface area contributed by atoms with Crippen LogP contribution in [0.3, 0.4) is 0 Å². The first-order valence-corrected chi connectivity index (χ1v) is 7.21. The van der Waals surface area contributed by atoms with Crippen molar-refractivity contribution in [1.82, 2.24) is 9.97 Å². The van der Waals surface area contributed by atoms with E-state index in [1.54, 1.807) is 0 Å². The van der Waals surface area contributed by atoms with Gasteiger partial charge >= 0.3 is 0 Å². The van der Waals surface area contributed by atoms with Gasteiger partial charge in [-0.25, -0.2) is 9.97 Å². The first-order chi connectivity index (χ1) is 9.24. The maximum absolute atomic E-state index is 9.41. The molecular weight excluding hydrogens is 240 g/mol. The van der Waals surface area contributed by atoms with E-state index >= 15 is 0 Å². The zero-order valence-electron chi connectivity index (χ0n) is 11.9. The fourth-order valence-corrected chi connectivity index (χ4v) is 2.51. The van der Waals surface area contributed by atoms with Crippen molar-refractivity contribution in [2.45, 2.75) is 45.6 Å². The topological polar surface area (TPSA) is 61.3 Å². The first-order valence-electron chi connectivity index (χ1n) is 7.21. The Morgan fingerprint density at radius 1 is 1.47 bits per heavy atom. The minimum absolute atomic E-state index is 0.196. The highest BCUT2D eigenvalue weighted by atomic mass is 16.3. The van der Waals surface area contributed by atoms with Gasteiger partial charge in [-0.15, -0.1) is 0 Å². The highest BCUT2D eigenvalue weighted by Gasteiger charge is 2.25. The van der Waals surface area contributed by atoms with Crippen LogP contribution in [0.1, 0.15) is 38.4 Å². The maximum Gasteiger partial charge on any atom is 0.134 e. The monoisotopic (exact) mass is 264 g/mol. The molecule has 1 aliphatic heterocycles. The van der Waals surface area contributed by atoms with Gasteiger partial charge in [0.15, 0.2) is 0 Å². The van der Waals surface area contributed by atoms with Crippen LogP contribution in [-0.4, -0.2) is 40.8 Å². The zero-order valence-corrected chi connectivity index (χ0v) is 11.9. The van der Waals surface area contributed by atoms with Gasteiger partial charge in [-0.1, -0.05) is 13.3 Å². The summed E-state index contributed by atoms with van der Waals surface area (Å²) in [5.41, 5.74) is 0. The lowest BCUT2D eigenvalue weighted by Gasteiger charge is -2.24. The van der Waals surface area contributed by atoms with E-state index in [2.05, 4.69) is 27.1 Å². The Kier molecular flexibility index (Phi) is 4.96. The van der Waals surface area contributed by atoms with Crippen LogP contribution in [0.15, 0.2) is 6.07 Å². The average molecular weight is 264 g/mol. The molecule has 0 aromatic carbocycles. The first kappa shape index (κ1) is 14.1. The molecule has 2 rings (SSSR count). The van der Waals surface area contributed by atoms with Crippen molar-refractivity contribution in [3.8, 4) is 0 Å². The predicted molar refractivity (Wildman–Crippen MR) is 77.6 cm³/mol. The molecule has 2 heterocycles. The summed E-state index contributed by atoms with van der Waals surface area (Å²) in [4.78, 5) is 11.1. The highest BCUT2D eigenvalue weighted by molar-refractivity contribution is 5.50. The molecule has 1 atom stereocenters. The van der Waals surface area contributed by atoms with Crippen LogP contribution < -0.4 is 10.2 Å². The average Bonchev–Trinajstić information content (AvgIpc) is 2.86. The molecule has 5 heteroatoms. The molecule has 0 saturated carbocycles. The van der Waals surface area contributed by atoms with Crippen LogP contribution in [0.5, 0.6) is 0 Å². The van der Waals surface area contributed by atoms with E-state index in [-0.39, 0.29) is 12.6 Å². The van der Waals surface area contributed by atoms with Gasteiger partial charge in [0.25, 0.3) is 0 Å². The standard InChI is InChI=1S/C14H24N4O/c1-3-4-7-15-13-9-14(17-11(2)16-13)18-8-5-6-12(18)10-19/h9,12,19H,3-8,10H2,1-2H3,(H,15,16,17). The van der Waals surface area contributed by atoms with Crippen molar-refractivity contribution in [2.24, 2.45) is 0 Å². The summed E-state index contributed by atoms with van der Waals surface area (Å²) >= 11 is 0. The number of hydrogen-bond acceptors (Lipinski definition) is 5. The van der Waals surface area contributed by atoms with Gasteiger partial charge in [-0.3, -0.25) is 0 Å². The number of aliphatic hydroxyl groups excluding tert-OH is 1. The van der Waals surface area contributed by atoms with Gasteiger partial charge in [0.2, 0.25) is 0 Å². The lowest BCUT2D eigenvalue weighted by Crippen LogP contribution is -2.33. The SMILES string of the molecule is CCCCNc1cc(N2CCCC2CO)nc(C)n1. The molecule has 1 saturated heterocycles. The summed E-state index contributed by atoms with van der Waals surface area (Å²) in [6.45, 7) is 6.19. The fourth-order valence-electron chi connectivity index (χ4n) is 2.51. The molecule has 0 aliphatic carbocycles. The Hall–Kier alpha value is -1.36. The molecule has 5 nitrogen and oxygen atoms in total. The number of rotatable bonds is 6. The van der Waals surface area contributed by atoms with E-state index in [4.69, 9.17) is 0 Å². The second-order valence-corrected chi connectivity index (χ2v) is 5.11. The van der Waals surface area contributed by atoms with Crippen LogP contribution in [0.4, 0.5) is 11.6 Å². The largest absolute Gasteiger partial charge is 0.394 e. The third-order valence-electron chi connectivity index (χ3n) is 3.54. The number of nitrogens with one attached hydrogen (secondary N) is 1. The van der Waals surface area contributed by atoms with Gasteiger partial charge in [0.05, 0.1) is 12.6 Å². The third-order valence-corrected chi connectivity index (χ3v) is 3.54. The predicted octanol–water partition coefficient (Wildman–Crippen LogP) is 1.96. The molecule has 0 spiro atoms. The van der Waals surface area contributed by atoms with E-state index in [1.165, 1.54) is 6.42 Å². The number of aliphatic hydroxyl groups is 1. The van der Waals surface area contributed by atoms with Crippen molar-refractivity contribution in [2.75, 3.05) is 29.9 Å². The minimum atomic E-state index is 0.196. The van der Waals surface area contributed by atoms with E-state index in [0.29, 0.717) is 0 Å². The summed E-state index contributed by atoms with van der Waals surface area (Å²) in [7, 11) is 0. The van der Waals surface area contributed by atoms with Crippen LogP contribution in [-0.2, 0) is 0 Å². The molecule has 0 bridgehead atoms. The van der Waals surface area contributed by atoms with Gasteiger partial charge in [-0.2, -0.15) is 0 Å². The van der Waals surface area contributed by atoms with Crippen molar-refractivity contribution in [3.63, 3.8) is 0 Å². The normalized spacial score (nSPS) is 18.9. The Balaban J connectivity index is 2.11. The number of hydrogen-bond donors (Lipinski definition) is 2. The molecule has 1 unspecified atom stereocenters. The summed E-state index contributed by atoms with van der Waals surface area (Å²) in [5.74, 6) is 2.60. The summed E-state index contributed by atoms with van der Waals surface area (Å²) < 4.78 is 0. The molecule has 1 aliphatic rings. The van der Waals surface area contributed by atoms with E-state index in [0.717, 1.165) is 49.8 Å². The summed E-state index contributed by atoms with van der Waals surface area (Å²) in [5, 5.41) is 12.8. The highest BCUT2D eigenvalue weighted by Crippen LogP contribution is 2.25. The number of aryl methyl sites for hydroxylation is 1. The molecule has 0 amide bonds. The maximum atomic E-state index is 9.41. The molecule has 1 aromatic heterocycles. The van der Waals surface area contributed by atoms with Crippen LogP contribution in [0, 0.1) is 6.92 Å². The smallest absolute Gasteiger partial charge is 0.134 e. The van der Waals surface area contributed by atoms with Crippen LogP contribution in [0.25, 0.3) is 0 Å². The number of unbranched alkanes of at least 4 members (excludes halogenated alkanes) is 1. The molecule has 2 N–H and O–H groups in total. The molecule has 19 heavy (non-hydrogen) atoms. The van der Waals surface area contributed by atoms with E-state index in [9.17, 15) is 5.11 Å². The van der Waals surface area contributed by atoms with Crippen LogP contribution >= 0.6 is 0 Å². The van der Waals surface area contributed by atoms with E-state index < -0.39 is 0 Å². The van der Waals surface area contributed by atoms with Crippen molar-refractivity contribution in [1.29, 1.82) is 0 Å². The Morgan fingerprint density at radius 3 is 3.05 bits per heavy atom. The Bertz CT molecular complexity index is 410. The van der Waals surface area contributed by atoms with Crippen molar-refractivity contribution in [3.05, 3.63) is 11.9 Å². The molecule has 106 valence electrons. The molecule has 0 radical (unpaired) electrons. The number of nitrogens with zero attached hydrogens (tertiary/aromatic N) is 3. The van der Waals surface area contributed by atoms with Gasteiger partial charge in [0, 0.05) is 19.2 Å². The second-order valence-electron chi connectivity index (χ2n) is 5.11. The number of anilines is 2. The molecular formula is C14H24N4O. The lowest BCUT2D eigenvalue weighted by molar-refractivity contribution is 0.266. The molecule has 1 aromatic rings. The molecule has 1 fully saturated rings. The van der Waals surface area contributed by atoms with Gasteiger partial charge in [-0.05, 0) is 26.2 Å². The lowest BCUT2D eigenvalue weighted by atomic mass is 10.2. The summed E-state index contributed by atoms with van der Waals surface area (Å²) in [6.07, 6.45) is 4.47. The van der Waals surface area contributed by atoms with Gasteiger partial charge < -0.3 is 15.3 Å². The zero-order chi connectivity index (χ0) is 13.7. The third kappa shape index (κ3) is 3.56. The van der Waals surface area contributed by atoms with Crippen molar-refractivity contribution >= 4 is 11.6 Å². The second kappa shape index (κ2) is 6.70. The Morgan fingerprint density at radius 2 is 2.32 bits per heavy atom. The Labute approximate surface area is 115 Å². The quantitative estimate of drug-likeness (QED) is 0.769. The number of aromatic nitrogens is 2. The van der Waals surface area contributed by atoms with Gasteiger partial charge in [0.1, 0.15) is 17.5 Å². The fraction of sp³-hybridized carbons (Fsp3) is 0.714. The van der Waals surface area contributed by atoms with Crippen molar-refractivity contribution < 1.29 is 5.11 Å². The van der Waals surface area contributed by atoms with Crippen LogP contribution in [0.2, 0.25) is 0 Å². The van der Waals surface area contributed by atoms with E-state index in [1.807, 2.05) is 13.0 Å².